The van der Waals surface area contributed by atoms with Crippen LogP contribution in [-0.4, -0.2) is 35.2 Å². The number of para-hydroxylation sites is 1. The molecule has 1 aromatic heterocycles. The number of rotatable bonds is 6. The molecule has 1 unspecified atom stereocenters. The van der Waals surface area contributed by atoms with Gasteiger partial charge in [-0.3, -0.25) is 4.79 Å². The van der Waals surface area contributed by atoms with Gasteiger partial charge in [0.05, 0.1) is 0 Å². The van der Waals surface area contributed by atoms with E-state index in [1.54, 1.807) is 6.20 Å². The lowest BCUT2D eigenvalue weighted by atomic mass is 10.1. The zero-order valence-electron chi connectivity index (χ0n) is 14.5. The normalized spacial score (nSPS) is 15.7. The predicted octanol–water partition coefficient (Wildman–Crippen LogP) is 2.62. The number of aromatic nitrogens is 2. The molecule has 3 N–H and O–H groups in total. The fourth-order valence-corrected chi connectivity index (χ4v) is 3.13. The Bertz CT molecular complexity index is 686. The summed E-state index contributed by atoms with van der Waals surface area (Å²) in [4.78, 5) is 14.4. The average molecular weight is 398 g/mol. The van der Waals surface area contributed by atoms with E-state index in [0.717, 1.165) is 36.5 Å². The SMILES string of the molecule is Cl.Cl.Nc1ccccc1CCC(=O)NCC1CCCN1c1cccnn1. The number of nitrogens with zero attached hydrogens (tertiary/aromatic N) is 3. The van der Waals surface area contributed by atoms with Gasteiger partial charge in [0, 0.05) is 37.4 Å². The van der Waals surface area contributed by atoms with Crippen molar-refractivity contribution in [3.63, 3.8) is 0 Å². The highest BCUT2D eigenvalue weighted by Gasteiger charge is 2.26. The van der Waals surface area contributed by atoms with Crippen LogP contribution < -0.4 is 16.0 Å². The number of nitrogen functional groups attached to an aromatic ring is 1. The van der Waals surface area contributed by atoms with E-state index in [2.05, 4.69) is 20.4 Å². The maximum atomic E-state index is 12.1. The molecule has 3 rings (SSSR count). The van der Waals surface area contributed by atoms with Crippen molar-refractivity contribution >= 4 is 42.2 Å². The van der Waals surface area contributed by atoms with Gasteiger partial charge < -0.3 is 16.0 Å². The topological polar surface area (TPSA) is 84.1 Å². The summed E-state index contributed by atoms with van der Waals surface area (Å²) in [6.45, 7) is 1.60. The number of hydrogen-bond acceptors (Lipinski definition) is 5. The van der Waals surface area contributed by atoms with Gasteiger partial charge >= 0.3 is 0 Å². The Hall–Kier alpha value is -2.05. The highest BCUT2D eigenvalue weighted by atomic mass is 35.5. The van der Waals surface area contributed by atoms with Crippen LogP contribution in [0.4, 0.5) is 11.5 Å². The largest absolute Gasteiger partial charge is 0.399 e. The third-order valence-electron chi connectivity index (χ3n) is 4.44. The number of carbonyl (C=O) groups is 1. The first-order chi connectivity index (χ1) is 11.7. The maximum Gasteiger partial charge on any atom is 0.220 e. The molecule has 0 spiro atoms. The van der Waals surface area contributed by atoms with Crippen LogP contribution in [0.5, 0.6) is 0 Å². The summed E-state index contributed by atoms with van der Waals surface area (Å²) in [6, 6.07) is 11.8. The molecule has 0 bridgehead atoms. The number of amides is 1. The fraction of sp³-hybridized carbons (Fsp3) is 0.389. The lowest BCUT2D eigenvalue weighted by Crippen LogP contribution is -2.40. The molecule has 1 aliphatic heterocycles. The zero-order chi connectivity index (χ0) is 16.8. The Morgan fingerprint density at radius 1 is 1.23 bits per heavy atom. The predicted molar refractivity (Wildman–Crippen MR) is 109 cm³/mol. The summed E-state index contributed by atoms with van der Waals surface area (Å²) in [7, 11) is 0. The molecule has 26 heavy (non-hydrogen) atoms. The summed E-state index contributed by atoms with van der Waals surface area (Å²) in [5, 5.41) is 11.2. The molecule has 142 valence electrons. The highest BCUT2D eigenvalue weighted by Crippen LogP contribution is 2.22. The molecule has 1 aliphatic rings. The summed E-state index contributed by atoms with van der Waals surface area (Å²) < 4.78 is 0. The number of nitrogens with two attached hydrogens (primary N) is 1. The quantitative estimate of drug-likeness (QED) is 0.731. The number of anilines is 2. The second-order valence-electron chi connectivity index (χ2n) is 6.07. The van der Waals surface area contributed by atoms with Crippen molar-refractivity contribution in [1.29, 1.82) is 0 Å². The van der Waals surface area contributed by atoms with Gasteiger partial charge in [0.25, 0.3) is 0 Å². The summed E-state index contributed by atoms with van der Waals surface area (Å²) in [5.41, 5.74) is 7.68. The van der Waals surface area contributed by atoms with Gasteiger partial charge in [0.15, 0.2) is 5.82 Å². The van der Waals surface area contributed by atoms with E-state index < -0.39 is 0 Å². The molecule has 1 amide bonds. The van der Waals surface area contributed by atoms with Crippen molar-refractivity contribution < 1.29 is 4.79 Å². The molecule has 2 heterocycles. The number of hydrogen-bond donors (Lipinski definition) is 2. The minimum absolute atomic E-state index is 0. The molecule has 1 aromatic carbocycles. The van der Waals surface area contributed by atoms with Crippen molar-refractivity contribution in [2.75, 3.05) is 23.7 Å². The molecule has 0 saturated carbocycles. The molecule has 1 fully saturated rings. The van der Waals surface area contributed by atoms with Crippen molar-refractivity contribution in [2.45, 2.75) is 31.7 Å². The molecular formula is C18H25Cl2N5O. The van der Waals surface area contributed by atoms with Crippen molar-refractivity contribution in [3.05, 3.63) is 48.2 Å². The smallest absolute Gasteiger partial charge is 0.220 e. The van der Waals surface area contributed by atoms with Crippen LogP contribution in [0.2, 0.25) is 0 Å². The Kier molecular flexibility index (Phi) is 9.16. The minimum atomic E-state index is 0. The van der Waals surface area contributed by atoms with Crippen LogP contribution in [-0.2, 0) is 11.2 Å². The van der Waals surface area contributed by atoms with E-state index in [9.17, 15) is 4.79 Å². The van der Waals surface area contributed by atoms with Gasteiger partial charge in [-0.05, 0) is 43.0 Å². The molecule has 0 aliphatic carbocycles. The van der Waals surface area contributed by atoms with E-state index in [0.29, 0.717) is 19.4 Å². The second-order valence-corrected chi connectivity index (χ2v) is 6.07. The number of carbonyl (C=O) groups excluding carboxylic acids is 1. The summed E-state index contributed by atoms with van der Waals surface area (Å²) >= 11 is 0. The van der Waals surface area contributed by atoms with E-state index in [-0.39, 0.29) is 36.8 Å². The first kappa shape index (κ1) is 22.0. The monoisotopic (exact) mass is 397 g/mol. The van der Waals surface area contributed by atoms with E-state index in [1.807, 2.05) is 36.4 Å². The minimum Gasteiger partial charge on any atom is -0.399 e. The fourth-order valence-electron chi connectivity index (χ4n) is 3.13. The highest BCUT2D eigenvalue weighted by molar-refractivity contribution is 5.85. The molecule has 6 nitrogen and oxygen atoms in total. The second kappa shape index (κ2) is 10.8. The van der Waals surface area contributed by atoms with Gasteiger partial charge in [-0.15, -0.1) is 29.9 Å². The summed E-state index contributed by atoms with van der Waals surface area (Å²) in [6.07, 6.45) is 4.95. The maximum absolute atomic E-state index is 12.1. The Balaban J connectivity index is 0.00000169. The number of benzene rings is 1. The van der Waals surface area contributed by atoms with Crippen LogP contribution in [0.25, 0.3) is 0 Å². The van der Waals surface area contributed by atoms with Crippen LogP contribution in [0, 0.1) is 0 Å². The molecule has 0 radical (unpaired) electrons. The lowest BCUT2D eigenvalue weighted by molar-refractivity contribution is -0.121. The van der Waals surface area contributed by atoms with Crippen LogP contribution in [0.15, 0.2) is 42.6 Å². The molecule has 2 aromatic rings. The number of nitrogens with one attached hydrogen (secondary N) is 1. The van der Waals surface area contributed by atoms with Gasteiger partial charge in [-0.25, -0.2) is 0 Å². The van der Waals surface area contributed by atoms with E-state index in [1.165, 1.54) is 0 Å². The molecular weight excluding hydrogens is 373 g/mol. The molecule has 1 atom stereocenters. The van der Waals surface area contributed by atoms with Crippen LogP contribution in [0.1, 0.15) is 24.8 Å². The third kappa shape index (κ3) is 5.75. The number of aryl methyl sites for hydroxylation is 1. The molecule has 8 heteroatoms. The van der Waals surface area contributed by atoms with Gasteiger partial charge in [0.1, 0.15) is 0 Å². The van der Waals surface area contributed by atoms with Gasteiger partial charge in [-0.1, -0.05) is 18.2 Å². The van der Waals surface area contributed by atoms with Crippen molar-refractivity contribution in [3.8, 4) is 0 Å². The van der Waals surface area contributed by atoms with Crippen molar-refractivity contribution in [1.82, 2.24) is 15.5 Å². The van der Waals surface area contributed by atoms with Crippen molar-refractivity contribution in [2.24, 2.45) is 0 Å². The van der Waals surface area contributed by atoms with Crippen LogP contribution in [0.3, 0.4) is 0 Å². The molecule has 1 saturated heterocycles. The Labute approximate surface area is 166 Å². The number of halogens is 2. The standard InChI is InChI=1S/C18H23N5O.2ClH/c19-16-7-2-1-5-14(16)9-10-18(24)20-13-15-6-4-12-23(15)17-8-3-11-21-22-17;;/h1-3,5,7-8,11,15H,4,6,9-10,12-13,19H2,(H,20,24);2*1H. The van der Waals surface area contributed by atoms with E-state index >= 15 is 0 Å². The van der Waals surface area contributed by atoms with E-state index in [4.69, 9.17) is 5.73 Å². The lowest BCUT2D eigenvalue weighted by Gasteiger charge is -2.25. The third-order valence-corrected chi connectivity index (χ3v) is 4.44. The zero-order valence-corrected chi connectivity index (χ0v) is 16.1. The van der Waals surface area contributed by atoms with Gasteiger partial charge in [0.2, 0.25) is 5.91 Å². The first-order valence-corrected chi connectivity index (χ1v) is 8.38. The first-order valence-electron chi connectivity index (χ1n) is 8.38. The Morgan fingerprint density at radius 2 is 2.04 bits per heavy atom. The Morgan fingerprint density at radius 3 is 2.77 bits per heavy atom. The van der Waals surface area contributed by atoms with Gasteiger partial charge in [-0.2, -0.15) is 5.10 Å². The van der Waals surface area contributed by atoms with Crippen LogP contribution >= 0.6 is 24.8 Å². The average Bonchev–Trinajstić information content (AvgIpc) is 3.08. The summed E-state index contributed by atoms with van der Waals surface area (Å²) in [5.74, 6) is 0.940.